The molecule has 4 heteroatoms. The fraction of sp³-hybridized carbons (Fsp3) is 0.375. The molecule has 1 aromatic heterocycles. The van der Waals surface area contributed by atoms with Crippen molar-refractivity contribution in [1.82, 2.24) is 4.98 Å². The molecule has 0 unspecified atom stereocenters. The summed E-state index contributed by atoms with van der Waals surface area (Å²) in [4.78, 5) is 4.06. The molecule has 0 saturated heterocycles. The number of hydrogen-bond donors (Lipinski definition) is 1. The Morgan fingerprint density at radius 1 is 1.67 bits per heavy atom. The van der Waals surface area contributed by atoms with Crippen LogP contribution in [-0.4, -0.2) is 18.7 Å². The van der Waals surface area contributed by atoms with E-state index in [1.54, 1.807) is 25.4 Å². The maximum atomic E-state index is 5.73. The second-order valence-corrected chi connectivity index (χ2v) is 2.90. The summed E-state index contributed by atoms with van der Waals surface area (Å²) in [5, 5.41) is 0.614. The number of rotatable bonds is 3. The van der Waals surface area contributed by atoms with Gasteiger partial charge in [-0.2, -0.15) is 0 Å². The van der Waals surface area contributed by atoms with Crippen LogP contribution in [0.4, 0.5) is 0 Å². The lowest BCUT2D eigenvalue weighted by Gasteiger charge is -2.08. The lowest BCUT2D eigenvalue weighted by atomic mass is 10.2. The summed E-state index contributed by atoms with van der Waals surface area (Å²) in [6.07, 6.45) is 1.58. The minimum absolute atomic E-state index is 0.174. The van der Waals surface area contributed by atoms with Crippen LogP contribution in [0.1, 0.15) is 11.7 Å². The minimum atomic E-state index is -0.174. The Labute approximate surface area is 76.5 Å². The van der Waals surface area contributed by atoms with E-state index in [2.05, 4.69) is 4.98 Å². The zero-order chi connectivity index (χ0) is 8.97. The molecule has 1 heterocycles. The molecule has 0 aliphatic rings. The monoisotopic (exact) mass is 186 g/mol. The molecule has 0 aliphatic carbocycles. The summed E-state index contributed by atoms with van der Waals surface area (Å²) in [5.41, 5.74) is 6.52. The molecule has 2 N–H and O–H groups in total. The highest BCUT2D eigenvalue weighted by Gasteiger charge is 2.05. The van der Waals surface area contributed by atoms with Crippen LogP contribution in [0, 0.1) is 0 Å². The Bertz CT molecular complexity index is 237. The Hall–Kier alpha value is -0.640. The van der Waals surface area contributed by atoms with Crippen LogP contribution in [0.2, 0.25) is 5.02 Å². The summed E-state index contributed by atoms with van der Waals surface area (Å²) >= 11 is 5.66. The van der Waals surface area contributed by atoms with Crippen LogP contribution < -0.4 is 5.73 Å². The highest BCUT2D eigenvalue weighted by Crippen LogP contribution is 2.11. The van der Waals surface area contributed by atoms with E-state index in [-0.39, 0.29) is 6.04 Å². The van der Waals surface area contributed by atoms with Gasteiger partial charge >= 0.3 is 0 Å². The van der Waals surface area contributed by atoms with E-state index in [4.69, 9.17) is 22.1 Å². The van der Waals surface area contributed by atoms with Crippen molar-refractivity contribution < 1.29 is 4.74 Å². The van der Waals surface area contributed by atoms with Gasteiger partial charge in [-0.25, -0.2) is 0 Å². The second kappa shape index (κ2) is 4.40. The first-order chi connectivity index (χ1) is 5.74. The predicted molar refractivity (Wildman–Crippen MR) is 48.1 cm³/mol. The van der Waals surface area contributed by atoms with Gasteiger partial charge in [0, 0.05) is 13.3 Å². The summed E-state index contributed by atoms with van der Waals surface area (Å²) in [7, 11) is 1.61. The van der Waals surface area contributed by atoms with Gasteiger partial charge in [-0.3, -0.25) is 4.98 Å². The molecule has 0 radical (unpaired) electrons. The van der Waals surface area contributed by atoms with Gasteiger partial charge in [0.1, 0.15) is 0 Å². The fourth-order valence-electron chi connectivity index (χ4n) is 0.872. The summed E-state index contributed by atoms with van der Waals surface area (Å²) < 4.78 is 4.89. The molecule has 1 atom stereocenters. The van der Waals surface area contributed by atoms with Crippen LogP contribution in [0.5, 0.6) is 0 Å². The molecule has 1 rings (SSSR count). The van der Waals surface area contributed by atoms with Crippen molar-refractivity contribution in [1.29, 1.82) is 0 Å². The quantitative estimate of drug-likeness (QED) is 0.776. The normalized spacial score (nSPS) is 12.9. The maximum absolute atomic E-state index is 5.73. The van der Waals surface area contributed by atoms with Gasteiger partial charge in [-0.15, -0.1) is 0 Å². The van der Waals surface area contributed by atoms with Crippen molar-refractivity contribution in [3.63, 3.8) is 0 Å². The van der Waals surface area contributed by atoms with Crippen molar-refractivity contribution in [2.75, 3.05) is 13.7 Å². The van der Waals surface area contributed by atoms with Gasteiger partial charge in [-0.1, -0.05) is 11.6 Å². The molecule has 0 spiro atoms. The first-order valence-corrected chi connectivity index (χ1v) is 3.98. The molecular weight excluding hydrogens is 176 g/mol. The zero-order valence-corrected chi connectivity index (χ0v) is 7.58. The molecular formula is C8H11ClN2O. The van der Waals surface area contributed by atoms with Crippen molar-refractivity contribution in [2.45, 2.75) is 6.04 Å². The van der Waals surface area contributed by atoms with Gasteiger partial charge in [0.15, 0.2) is 0 Å². The van der Waals surface area contributed by atoms with Gasteiger partial charge in [0.2, 0.25) is 0 Å². The molecule has 0 bridgehead atoms. The van der Waals surface area contributed by atoms with E-state index in [9.17, 15) is 0 Å². The van der Waals surface area contributed by atoms with Gasteiger partial charge in [0.25, 0.3) is 0 Å². The number of pyridine rings is 1. The standard InChI is InChI=1S/C8H11ClN2O/c1-12-5-7(10)8-3-2-6(9)4-11-8/h2-4,7H,5,10H2,1H3/t7-/m0/s1. The van der Waals surface area contributed by atoms with Crippen LogP contribution in [0.15, 0.2) is 18.3 Å². The molecule has 0 aromatic carbocycles. The molecule has 66 valence electrons. The Morgan fingerprint density at radius 2 is 2.42 bits per heavy atom. The molecule has 3 nitrogen and oxygen atoms in total. The van der Waals surface area contributed by atoms with E-state index in [1.165, 1.54) is 0 Å². The van der Waals surface area contributed by atoms with Gasteiger partial charge in [0.05, 0.1) is 23.4 Å². The zero-order valence-electron chi connectivity index (χ0n) is 6.83. The average molecular weight is 187 g/mol. The van der Waals surface area contributed by atoms with E-state index in [0.29, 0.717) is 11.6 Å². The number of aromatic nitrogens is 1. The van der Waals surface area contributed by atoms with E-state index >= 15 is 0 Å². The highest BCUT2D eigenvalue weighted by atomic mass is 35.5. The fourth-order valence-corrected chi connectivity index (χ4v) is 0.983. The topological polar surface area (TPSA) is 48.1 Å². The van der Waals surface area contributed by atoms with E-state index < -0.39 is 0 Å². The Balaban J connectivity index is 2.68. The summed E-state index contributed by atoms with van der Waals surface area (Å²) in [6.45, 7) is 0.467. The third kappa shape index (κ3) is 2.44. The SMILES string of the molecule is COC[C@H](N)c1ccc(Cl)cn1. The van der Waals surface area contributed by atoms with Crippen LogP contribution in [0.25, 0.3) is 0 Å². The third-order valence-electron chi connectivity index (χ3n) is 1.48. The highest BCUT2D eigenvalue weighted by molar-refractivity contribution is 6.30. The Kier molecular flexibility index (Phi) is 3.47. The van der Waals surface area contributed by atoms with Crippen molar-refractivity contribution in [3.8, 4) is 0 Å². The average Bonchev–Trinajstić information content (AvgIpc) is 2.06. The molecule has 0 saturated carbocycles. The van der Waals surface area contributed by atoms with Crippen molar-refractivity contribution >= 4 is 11.6 Å². The number of nitrogens with two attached hydrogens (primary N) is 1. The number of ether oxygens (including phenoxy) is 1. The summed E-state index contributed by atoms with van der Waals surface area (Å²) in [5.74, 6) is 0. The van der Waals surface area contributed by atoms with E-state index in [0.717, 1.165) is 5.69 Å². The number of methoxy groups -OCH3 is 1. The molecule has 1 aromatic rings. The molecule has 0 fully saturated rings. The third-order valence-corrected chi connectivity index (χ3v) is 1.70. The van der Waals surface area contributed by atoms with Crippen molar-refractivity contribution in [3.05, 3.63) is 29.0 Å². The van der Waals surface area contributed by atoms with E-state index in [1.807, 2.05) is 0 Å². The molecule has 12 heavy (non-hydrogen) atoms. The maximum Gasteiger partial charge on any atom is 0.0707 e. The first kappa shape index (κ1) is 9.45. The smallest absolute Gasteiger partial charge is 0.0707 e. The number of halogens is 1. The van der Waals surface area contributed by atoms with Crippen LogP contribution in [-0.2, 0) is 4.74 Å². The summed E-state index contributed by atoms with van der Waals surface area (Å²) in [6, 6.07) is 3.39. The number of nitrogens with zero attached hydrogens (tertiary/aromatic N) is 1. The lowest BCUT2D eigenvalue weighted by molar-refractivity contribution is 0.179. The molecule has 0 amide bonds. The first-order valence-electron chi connectivity index (χ1n) is 3.60. The lowest BCUT2D eigenvalue weighted by Crippen LogP contribution is -2.17. The van der Waals surface area contributed by atoms with Crippen LogP contribution in [0.3, 0.4) is 0 Å². The second-order valence-electron chi connectivity index (χ2n) is 2.46. The van der Waals surface area contributed by atoms with Crippen LogP contribution >= 0.6 is 11.6 Å². The Morgan fingerprint density at radius 3 is 2.92 bits per heavy atom. The minimum Gasteiger partial charge on any atom is -0.383 e. The number of hydrogen-bond acceptors (Lipinski definition) is 3. The molecule has 0 aliphatic heterocycles. The largest absolute Gasteiger partial charge is 0.383 e. The predicted octanol–water partition coefficient (Wildman–Crippen LogP) is 1.38. The van der Waals surface area contributed by atoms with Crippen molar-refractivity contribution in [2.24, 2.45) is 5.73 Å². The van der Waals surface area contributed by atoms with Gasteiger partial charge < -0.3 is 10.5 Å². The van der Waals surface area contributed by atoms with Gasteiger partial charge in [-0.05, 0) is 12.1 Å².